The fourth-order valence-electron chi connectivity index (χ4n) is 5.87. The first-order valence-corrected chi connectivity index (χ1v) is 13.2. The van der Waals surface area contributed by atoms with E-state index >= 15 is 0 Å². The average Bonchev–Trinajstić information content (AvgIpc) is 3.56. The molecule has 4 unspecified atom stereocenters. The van der Waals surface area contributed by atoms with Crippen molar-refractivity contribution >= 4 is 5.91 Å². The fraction of sp³-hybridized carbons (Fsp3) is 0.483. The van der Waals surface area contributed by atoms with E-state index in [-0.39, 0.29) is 24.0 Å². The molecule has 0 radical (unpaired) electrons. The van der Waals surface area contributed by atoms with Crippen LogP contribution in [0.4, 0.5) is 0 Å². The lowest BCUT2D eigenvalue weighted by Crippen LogP contribution is -2.57. The molecule has 5 heterocycles. The van der Waals surface area contributed by atoms with Crippen molar-refractivity contribution in [2.45, 2.75) is 58.2 Å². The molecule has 8 heteroatoms. The number of hydrogen-bond acceptors (Lipinski definition) is 6. The maximum atomic E-state index is 13.1. The Balaban J connectivity index is 1.04. The Labute approximate surface area is 217 Å². The van der Waals surface area contributed by atoms with E-state index in [1.807, 2.05) is 29.1 Å². The summed E-state index contributed by atoms with van der Waals surface area (Å²) in [4.78, 5) is 15.5. The predicted molar refractivity (Wildman–Crippen MR) is 140 cm³/mol. The van der Waals surface area contributed by atoms with Crippen molar-refractivity contribution in [3.05, 3.63) is 59.8 Å². The van der Waals surface area contributed by atoms with Gasteiger partial charge in [0, 0.05) is 24.7 Å². The second kappa shape index (κ2) is 9.49. The zero-order valence-electron chi connectivity index (χ0n) is 21.8. The van der Waals surface area contributed by atoms with Crippen molar-refractivity contribution < 1.29 is 14.3 Å². The van der Waals surface area contributed by atoms with Gasteiger partial charge in [-0.15, -0.1) is 5.10 Å². The Bertz CT molecular complexity index is 1280. The predicted octanol–water partition coefficient (Wildman–Crippen LogP) is 4.00. The molecular weight excluding hydrogens is 466 g/mol. The highest BCUT2D eigenvalue weighted by molar-refractivity contribution is 5.79. The molecule has 4 aliphatic heterocycles. The SMILES string of the molecule is CC(C)(C)c1ccc(-c2cn(CC3CC4CCN3CC4C(=O)NCc3ccc4c(c3)OCO4)nn2)cc1. The van der Waals surface area contributed by atoms with Crippen LogP contribution in [-0.4, -0.2) is 51.7 Å². The summed E-state index contributed by atoms with van der Waals surface area (Å²) < 4.78 is 12.8. The maximum Gasteiger partial charge on any atom is 0.231 e. The minimum Gasteiger partial charge on any atom is -0.454 e. The molecule has 7 rings (SSSR count). The molecule has 1 aromatic heterocycles. The lowest BCUT2D eigenvalue weighted by atomic mass is 9.75. The van der Waals surface area contributed by atoms with Crippen LogP contribution in [0.2, 0.25) is 0 Å². The Morgan fingerprint density at radius 3 is 2.68 bits per heavy atom. The highest BCUT2D eigenvalue weighted by Gasteiger charge is 2.43. The maximum absolute atomic E-state index is 13.1. The van der Waals surface area contributed by atoms with Crippen LogP contribution in [0, 0.1) is 11.8 Å². The number of benzene rings is 2. The van der Waals surface area contributed by atoms with Crippen LogP contribution >= 0.6 is 0 Å². The van der Waals surface area contributed by atoms with Crippen LogP contribution in [0.15, 0.2) is 48.7 Å². The summed E-state index contributed by atoms with van der Waals surface area (Å²) in [7, 11) is 0. The molecule has 1 N–H and O–H groups in total. The average molecular weight is 502 g/mol. The van der Waals surface area contributed by atoms with E-state index in [2.05, 4.69) is 65.6 Å². The lowest BCUT2D eigenvalue weighted by Gasteiger charge is -2.49. The van der Waals surface area contributed by atoms with Crippen molar-refractivity contribution in [2.24, 2.45) is 11.8 Å². The second-order valence-corrected chi connectivity index (χ2v) is 11.6. The number of ether oxygens (including phenoxy) is 2. The van der Waals surface area contributed by atoms with Gasteiger partial charge in [0.25, 0.3) is 0 Å². The molecule has 2 aromatic carbocycles. The molecule has 0 aliphatic carbocycles. The smallest absolute Gasteiger partial charge is 0.231 e. The number of hydrogen-bond donors (Lipinski definition) is 1. The summed E-state index contributed by atoms with van der Waals surface area (Å²) in [6.45, 7) is 10.1. The van der Waals surface area contributed by atoms with Crippen LogP contribution in [0.25, 0.3) is 11.3 Å². The van der Waals surface area contributed by atoms with E-state index in [0.717, 1.165) is 60.8 Å². The van der Waals surface area contributed by atoms with Crippen molar-refractivity contribution in [1.82, 2.24) is 25.2 Å². The van der Waals surface area contributed by atoms with Crippen molar-refractivity contribution in [3.63, 3.8) is 0 Å². The monoisotopic (exact) mass is 501 g/mol. The van der Waals surface area contributed by atoms with Gasteiger partial charge in [-0.1, -0.05) is 56.3 Å². The number of amides is 1. The molecule has 1 amide bonds. The molecule has 194 valence electrons. The van der Waals surface area contributed by atoms with E-state index < -0.39 is 0 Å². The van der Waals surface area contributed by atoms with Gasteiger partial charge in [-0.05, 0) is 54.0 Å². The van der Waals surface area contributed by atoms with Crippen LogP contribution in [0.5, 0.6) is 11.5 Å². The molecule has 0 spiro atoms. The van der Waals surface area contributed by atoms with Crippen molar-refractivity contribution in [3.8, 4) is 22.8 Å². The highest BCUT2D eigenvalue weighted by atomic mass is 16.7. The summed E-state index contributed by atoms with van der Waals surface area (Å²) in [6, 6.07) is 14.8. The normalized spacial score (nSPS) is 24.3. The standard InChI is InChI=1S/C29H35N5O3/c1-29(2,3)22-7-5-20(6-8-22)25-17-34(32-31-25)15-23-13-21-10-11-33(23)16-24(21)28(35)30-14-19-4-9-26-27(12-19)37-18-36-26/h4-9,12,17,21,23-24H,10-11,13-16,18H2,1-3H3,(H,30,35). The summed E-state index contributed by atoms with van der Waals surface area (Å²) >= 11 is 0. The van der Waals surface area contributed by atoms with Gasteiger partial charge >= 0.3 is 0 Å². The van der Waals surface area contributed by atoms with E-state index in [1.54, 1.807) is 0 Å². The summed E-state index contributed by atoms with van der Waals surface area (Å²) in [5.41, 5.74) is 4.45. The van der Waals surface area contributed by atoms with Crippen LogP contribution in [0.1, 0.15) is 44.7 Å². The number of carbonyl (C=O) groups is 1. The number of piperidine rings is 3. The summed E-state index contributed by atoms with van der Waals surface area (Å²) in [5, 5.41) is 12.0. The number of aromatic nitrogens is 3. The zero-order valence-corrected chi connectivity index (χ0v) is 21.8. The van der Waals surface area contributed by atoms with Crippen molar-refractivity contribution in [1.29, 1.82) is 0 Å². The zero-order chi connectivity index (χ0) is 25.6. The number of nitrogens with zero attached hydrogens (tertiary/aromatic N) is 4. The van der Waals surface area contributed by atoms with Crippen LogP contribution < -0.4 is 14.8 Å². The van der Waals surface area contributed by atoms with Crippen molar-refractivity contribution in [2.75, 3.05) is 19.9 Å². The van der Waals surface area contributed by atoms with E-state index in [9.17, 15) is 4.79 Å². The number of fused-ring (bicyclic) bond motifs is 4. The molecule has 3 aromatic rings. The molecule has 4 atom stereocenters. The Hall–Kier alpha value is -3.39. The first-order chi connectivity index (χ1) is 17.8. The lowest BCUT2D eigenvalue weighted by molar-refractivity contribution is -0.133. The van der Waals surface area contributed by atoms with E-state index in [0.29, 0.717) is 18.5 Å². The molecule has 3 saturated heterocycles. The number of rotatable bonds is 6. The number of carbonyl (C=O) groups excluding carboxylic acids is 1. The Kier molecular flexibility index (Phi) is 6.15. The first-order valence-electron chi connectivity index (χ1n) is 13.2. The fourth-order valence-corrected chi connectivity index (χ4v) is 5.87. The quantitative estimate of drug-likeness (QED) is 0.550. The summed E-state index contributed by atoms with van der Waals surface area (Å²) in [6.07, 6.45) is 4.13. The summed E-state index contributed by atoms with van der Waals surface area (Å²) in [5.74, 6) is 2.09. The van der Waals surface area contributed by atoms with Gasteiger partial charge in [0.05, 0.1) is 18.7 Å². The molecule has 37 heavy (non-hydrogen) atoms. The van der Waals surface area contributed by atoms with Gasteiger partial charge in [0.15, 0.2) is 11.5 Å². The Morgan fingerprint density at radius 1 is 1.11 bits per heavy atom. The van der Waals surface area contributed by atoms with Gasteiger partial charge in [-0.3, -0.25) is 14.4 Å². The van der Waals surface area contributed by atoms with Gasteiger partial charge in [-0.2, -0.15) is 0 Å². The third kappa shape index (κ3) is 4.94. The van der Waals surface area contributed by atoms with Crippen LogP contribution in [-0.2, 0) is 23.3 Å². The van der Waals surface area contributed by atoms with E-state index in [4.69, 9.17) is 9.47 Å². The third-order valence-corrected chi connectivity index (χ3v) is 8.10. The minimum atomic E-state index is 0.0339. The molecule has 4 aliphatic rings. The number of nitrogens with one attached hydrogen (secondary N) is 1. The van der Waals surface area contributed by atoms with Gasteiger partial charge in [0.2, 0.25) is 12.7 Å². The molecule has 2 bridgehead atoms. The highest BCUT2D eigenvalue weighted by Crippen LogP contribution is 2.37. The van der Waals surface area contributed by atoms with E-state index in [1.165, 1.54) is 5.56 Å². The largest absolute Gasteiger partial charge is 0.454 e. The van der Waals surface area contributed by atoms with Gasteiger partial charge in [0.1, 0.15) is 5.69 Å². The Morgan fingerprint density at radius 2 is 1.92 bits per heavy atom. The molecule has 0 saturated carbocycles. The topological polar surface area (TPSA) is 81.5 Å². The molecule has 3 fully saturated rings. The van der Waals surface area contributed by atoms with Gasteiger partial charge < -0.3 is 14.8 Å². The third-order valence-electron chi connectivity index (χ3n) is 8.10. The minimum absolute atomic E-state index is 0.0339. The molecule has 8 nitrogen and oxygen atoms in total. The first kappa shape index (κ1) is 24.0. The van der Waals surface area contributed by atoms with Crippen LogP contribution in [0.3, 0.4) is 0 Å². The van der Waals surface area contributed by atoms with Gasteiger partial charge in [-0.25, -0.2) is 0 Å². The molecular formula is C29H35N5O3. The second-order valence-electron chi connectivity index (χ2n) is 11.6.